The summed E-state index contributed by atoms with van der Waals surface area (Å²) in [4.78, 5) is 27.7. The summed E-state index contributed by atoms with van der Waals surface area (Å²) in [5.74, 6) is -1.93. The molecule has 3 aromatic carbocycles. The second-order valence-electron chi connectivity index (χ2n) is 8.37. The van der Waals surface area contributed by atoms with Crippen LogP contribution in [0.1, 0.15) is 22.3 Å². The molecule has 0 aromatic heterocycles. The van der Waals surface area contributed by atoms with Gasteiger partial charge in [-0.3, -0.25) is 14.5 Å². The number of benzene rings is 3. The van der Waals surface area contributed by atoms with E-state index in [4.69, 9.17) is 0 Å². The summed E-state index contributed by atoms with van der Waals surface area (Å²) in [6.07, 6.45) is 0. The average molecular weight is 447 g/mol. The normalized spacial score (nSPS) is 21.4. The zero-order chi connectivity index (χ0) is 22.7. The Morgan fingerprint density at radius 1 is 0.875 bits per heavy atom. The minimum Gasteiger partial charge on any atom is -0.304 e. The first-order chi connectivity index (χ1) is 15.3. The highest BCUT2D eigenvalue weighted by Crippen LogP contribution is 2.52. The predicted octanol–water partition coefficient (Wildman–Crippen LogP) is 3.46. The number of para-hydroxylation sites is 1. The summed E-state index contributed by atoms with van der Waals surface area (Å²) in [6.45, 7) is 4.05. The van der Waals surface area contributed by atoms with E-state index in [1.807, 2.05) is 44.2 Å². The fraction of sp³-hybridized carbons (Fsp3) is 0.200. The third-order valence-corrected chi connectivity index (χ3v) is 8.25. The van der Waals surface area contributed by atoms with E-state index in [9.17, 15) is 18.0 Å². The molecule has 162 valence electrons. The lowest BCUT2D eigenvalue weighted by atomic mass is 10.0. The van der Waals surface area contributed by atoms with Gasteiger partial charge in [0.05, 0.1) is 12.2 Å². The van der Waals surface area contributed by atoms with Gasteiger partial charge in [-0.1, -0.05) is 60.2 Å². The highest BCUT2D eigenvalue weighted by molar-refractivity contribution is 7.94. The molecule has 2 aliphatic rings. The summed E-state index contributed by atoms with van der Waals surface area (Å²) < 4.78 is 27.1. The molecule has 0 N–H and O–H groups in total. The SMILES string of the molecule is Cc1ccc(CN2C(=O)[C@]3(c4ccccc42)N(c2cccc(C)c2)C(=O)CS3(=O)=O)cc1. The molecule has 0 unspecified atom stereocenters. The second kappa shape index (κ2) is 7.03. The van der Waals surface area contributed by atoms with Gasteiger partial charge in [0.2, 0.25) is 5.91 Å². The molecule has 1 saturated heterocycles. The zero-order valence-corrected chi connectivity index (χ0v) is 18.6. The molecule has 0 aliphatic carbocycles. The first-order valence-electron chi connectivity index (χ1n) is 10.3. The number of hydrogen-bond acceptors (Lipinski definition) is 4. The molecule has 7 heteroatoms. The molecule has 1 fully saturated rings. The fourth-order valence-corrected chi connectivity index (χ4v) is 6.72. The van der Waals surface area contributed by atoms with E-state index in [-0.39, 0.29) is 6.54 Å². The zero-order valence-electron chi connectivity index (χ0n) is 17.8. The van der Waals surface area contributed by atoms with Crippen LogP contribution in [0.5, 0.6) is 0 Å². The Balaban J connectivity index is 1.73. The summed E-state index contributed by atoms with van der Waals surface area (Å²) in [7, 11) is -4.16. The molecule has 3 aromatic rings. The van der Waals surface area contributed by atoms with Crippen molar-refractivity contribution in [2.24, 2.45) is 0 Å². The van der Waals surface area contributed by atoms with Crippen LogP contribution < -0.4 is 9.80 Å². The number of sulfone groups is 1. The lowest BCUT2D eigenvalue weighted by Crippen LogP contribution is -2.54. The van der Waals surface area contributed by atoms with Crippen molar-refractivity contribution < 1.29 is 18.0 Å². The maximum absolute atomic E-state index is 14.0. The van der Waals surface area contributed by atoms with E-state index < -0.39 is 32.3 Å². The van der Waals surface area contributed by atoms with Crippen LogP contribution in [0.25, 0.3) is 0 Å². The second-order valence-corrected chi connectivity index (χ2v) is 10.5. The van der Waals surface area contributed by atoms with Crippen molar-refractivity contribution in [2.75, 3.05) is 15.6 Å². The summed E-state index contributed by atoms with van der Waals surface area (Å²) in [5, 5.41) is 0. The number of anilines is 2. The van der Waals surface area contributed by atoms with Crippen LogP contribution in [-0.2, 0) is 30.8 Å². The van der Waals surface area contributed by atoms with Crippen molar-refractivity contribution in [1.82, 2.24) is 0 Å². The summed E-state index contributed by atoms with van der Waals surface area (Å²) in [6, 6.07) is 21.6. The number of carbonyl (C=O) groups excluding carboxylic acids is 2. The Labute approximate surface area is 187 Å². The first kappa shape index (κ1) is 20.5. The highest BCUT2D eigenvalue weighted by atomic mass is 32.2. The van der Waals surface area contributed by atoms with Crippen molar-refractivity contribution in [3.8, 4) is 0 Å². The summed E-state index contributed by atoms with van der Waals surface area (Å²) >= 11 is 0. The van der Waals surface area contributed by atoms with Crippen LogP contribution >= 0.6 is 0 Å². The van der Waals surface area contributed by atoms with E-state index in [2.05, 4.69) is 0 Å². The van der Waals surface area contributed by atoms with E-state index in [0.717, 1.165) is 16.7 Å². The van der Waals surface area contributed by atoms with Gasteiger partial charge < -0.3 is 4.90 Å². The molecular weight excluding hydrogens is 424 g/mol. The van der Waals surface area contributed by atoms with Crippen LogP contribution in [0.3, 0.4) is 0 Å². The number of carbonyl (C=O) groups is 2. The molecular formula is C25H22N2O4S. The Kier molecular flexibility index (Phi) is 4.49. The molecule has 2 aliphatic heterocycles. The maximum atomic E-state index is 14.0. The average Bonchev–Trinajstić information content (AvgIpc) is 3.12. The van der Waals surface area contributed by atoms with Crippen molar-refractivity contribution in [1.29, 1.82) is 0 Å². The van der Waals surface area contributed by atoms with Crippen LogP contribution in [0.2, 0.25) is 0 Å². The molecule has 32 heavy (non-hydrogen) atoms. The third kappa shape index (κ3) is 2.74. The van der Waals surface area contributed by atoms with E-state index in [0.29, 0.717) is 16.9 Å². The number of aryl methyl sites for hydroxylation is 2. The Bertz CT molecular complexity index is 1360. The molecule has 0 bridgehead atoms. The van der Waals surface area contributed by atoms with E-state index in [1.165, 1.54) is 9.80 Å². The first-order valence-corrected chi connectivity index (χ1v) is 12.0. The van der Waals surface area contributed by atoms with Gasteiger partial charge >= 0.3 is 0 Å². The Morgan fingerprint density at radius 3 is 2.31 bits per heavy atom. The topological polar surface area (TPSA) is 74.8 Å². The van der Waals surface area contributed by atoms with Gasteiger partial charge in [0.15, 0.2) is 9.84 Å². The van der Waals surface area contributed by atoms with Crippen LogP contribution in [0, 0.1) is 13.8 Å². The largest absolute Gasteiger partial charge is 0.304 e. The van der Waals surface area contributed by atoms with Crippen LogP contribution in [-0.4, -0.2) is 26.0 Å². The van der Waals surface area contributed by atoms with Gasteiger partial charge in [-0.25, -0.2) is 8.42 Å². The van der Waals surface area contributed by atoms with Crippen molar-refractivity contribution in [2.45, 2.75) is 25.3 Å². The van der Waals surface area contributed by atoms with Gasteiger partial charge in [-0.15, -0.1) is 0 Å². The van der Waals surface area contributed by atoms with Gasteiger partial charge in [0.1, 0.15) is 5.75 Å². The van der Waals surface area contributed by atoms with E-state index >= 15 is 0 Å². The Hall–Kier alpha value is -3.45. The standard InChI is InChI=1S/C25H22N2O4S/c1-17-10-12-19(13-11-17)15-26-22-9-4-3-8-21(22)25(24(26)29)27(23(28)16-32(25,30)31)20-7-5-6-18(2)14-20/h3-14H,15-16H2,1-2H3/t25-/m1/s1. The quantitative estimate of drug-likeness (QED) is 0.618. The maximum Gasteiger partial charge on any atom is 0.274 e. The molecule has 0 radical (unpaired) electrons. The third-order valence-electron chi connectivity index (χ3n) is 6.14. The number of rotatable bonds is 3. The van der Waals surface area contributed by atoms with Crippen molar-refractivity contribution in [3.63, 3.8) is 0 Å². The molecule has 1 atom stereocenters. The van der Waals surface area contributed by atoms with Gasteiger partial charge in [-0.2, -0.15) is 0 Å². The number of fused-ring (bicyclic) bond motifs is 2. The molecule has 6 nitrogen and oxygen atoms in total. The monoisotopic (exact) mass is 446 g/mol. The van der Waals surface area contributed by atoms with Crippen LogP contribution in [0.4, 0.5) is 11.4 Å². The van der Waals surface area contributed by atoms with Crippen molar-refractivity contribution in [3.05, 3.63) is 95.1 Å². The molecule has 2 amide bonds. The van der Waals surface area contributed by atoms with Gasteiger partial charge in [0, 0.05) is 11.3 Å². The number of nitrogens with zero attached hydrogens (tertiary/aromatic N) is 2. The minimum atomic E-state index is -4.16. The predicted molar refractivity (Wildman–Crippen MR) is 123 cm³/mol. The van der Waals surface area contributed by atoms with Gasteiger partial charge in [0.25, 0.3) is 10.8 Å². The van der Waals surface area contributed by atoms with Crippen LogP contribution in [0.15, 0.2) is 72.8 Å². The lowest BCUT2D eigenvalue weighted by molar-refractivity contribution is -0.123. The molecule has 2 heterocycles. The number of hydrogen-bond donors (Lipinski definition) is 0. The summed E-state index contributed by atoms with van der Waals surface area (Å²) in [5.41, 5.74) is 4.06. The van der Waals surface area contributed by atoms with E-state index in [1.54, 1.807) is 42.5 Å². The molecule has 0 saturated carbocycles. The van der Waals surface area contributed by atoms with Crippen molar-refractivity contribution >= 4 is 33.0 Å². The molecule has 5 rings (SSSR count). The molecule has 1 spiro atoms. The highest BCUT2D eigenvalue weighted by Gasteiger charge is 2.69. The smallest absolute Gasteiger partial charge is 0.274 e. The lowest BCUT2D eigenvalue weighted by Gasteiger charge is -2.32. The Morgan fingerprint density at radius 2 is 1.59 bits per heavy atom. The minimum absolute atomic E-state index is 0.212. The van der Waals surface area contributed by atoms with Gasteiger partial charge in [-0.05, 0) is 43.2 Å². The fourth-order valence-electron chi connectivity index (χ4n) is 4.69. The number of amides is 2.